The lowest BCUT2D eigenvalue weighted by molar-refractivity contribution is -0.121. The van der Waals surface area contributed by atoms with E-state index < -0.39 is 0 Å². The number of amides is 1. The van der Waals surface area contributed by atoms with Gasteiger partial charge >= 0.3 is 0 Å². The van der Waals surface area contributed by atoms with E-state index >= 15 is 0 Å². The molecule has 1 aliphatic carbocycles. The van der Waals surface area contributed by atoms with Crippen LogP contribution in [0, 0.1) is 12.8 Å². The Morgan fingerprint density at radius 3 is 2.77 bits per heavy atom. The summed E-state index contributed by atoms with van der Waals surface area (Å²) in [5.74, 6) is 1.63. The largest absolute Gasteiger partial charge is 0.474 e. The summed E-state index contributed by atoms with van der Waals surface area (Å²) in [6.45, 7) is 5.81. The molecular weight excluding hydrogens is 416 g/mol. The van der Waals surface area contributed by atoms with E-state index in [1.54, 1.807) is 12.3 Å². The maximum absolute atomic E-state index is 12.6. The topological polar surface area (TPSA) is 81.4 Å². The number of piperidine rings is 1. The Morgan fingerprint density at radius 1 is 1.26 bits per heavy atom. The van der Waals surface area contributed by atoms with E-state index in [0.29, 0.717) is 34.2 Å². The molecule has 0 radical (unpaired) electrons. The minimum atomic E-state index is -0.0252. The molecule has 8 heteroatoms. The molecule has 160 valence electrons. The molecule has 2 aromatic heterocycles. The fraction of sp³-hybridized carbons (Fsp3) is 0.391. The maximum atomic E-state index is 12.6. The zero-order valence-electron chi connectivity index (χ0n) is 17.6. The highest BCUT2D eigenvalue weighted by molar-refractivity contribution is 6.32. The van der Waals surface area contributed by atoms with Crippen LogP contribution in [-0.4, -0.2) is 33.2 Å². The van der Waals surface area contributed by atoms with Crippen LogP contribution in [0.4, 0.5) is 5.69 Å². The van der Waals surface area contributed by atoms with Gasteiger partial charge in [0.1, 0.15) is 5.02 Å². The first-order valence-electron chi connectivity index (χ1n) is 10.5. The molecule has 7 nitrogen and oxygen atoms in total. The first-order chi connectivity index (χ1) is 14.9. The molecule has 1 aliphatic heterocycles. The number of aromatic nitrogens is 3. The SMILES string of the molecule is Cc1cc(N2C(=O)[C@@H]3CC[C@H]2C3)ccc1-c1noc(-c2cnc(OC(C)C)c(Cl)c2)n1. The third kappa shape index (κ3) is 3.57. The van der Waals surface area contributed by atoms with Gasteiger partial charge in [0.15, 0.2) is 0 Å². The highest BCUT2D eigenvalue weighted by Crippen LogP contribution is 2.42. The molecule has 2 bridgehead atoms. The number of rotatable bonds is 5. The molecule has 0 unspecified atom stereocenters. The first kappa shape index (κ1) is 20.0. The summed E-state index contributed by atoms with van der Waals surface area (Å²) >= 11 is 6.28. The Kier molecular flexibility index (Phi) is 4.93. The zero-order valence-corrected chi connectivity index (χ0v) is 18.4. The van der Waals surface area contributed by atoms with Crippen LogP contribution in [-0.2, 0) is 4.79 Å². The van der Waals surface area contributed by atoms with Gasteiger partial charge in [-0.05, 0) is 69.9 Å². The molecule has 2 atom stereocenters. The van der Waals surface area contributed by atoms with E-state index in [-0.39, 0.29) is 17.9 Å². The van der Waals surface area contributed by atoms with Gasteiger partial charge in [0.2, 0.25) is 17.6 Å². The van der Waals surface area contributed by atoms with Crippen LogP contribution in [0.15, 0.2) is 35.0 Å². The standard InChI is InChI=1S/C23H23ClN4O3/c1-12(2)30-22-19(24)10-15(11-25-22)21-26-20(27-31-21)18-7-6-16(8-13(18)3)28-17-5-4-14(9-17)23(28)29/h6-8,10-12,14,17H,4-5,9H2,1-3H3/t14-,17+/m1/s1. The molecule has 31 heavy (non-hydrogen) atoms. The lowest BCUT2D eigenvalue weighted by atomic mass is 10.0. The molecule has 1 aromatic carbocycles. The molecule has 1 saturated carbocycles. The lowest BCUT2D eigenvalue weighted by Crippen LogP contribution is -2.36. The molecular formula is C23H23ClN4O3. The van der Waals surface area contributed by atoms with Gasteiger partial charge in [0.05, 0.1) is 11.7 Å². The van der Waals surface area contributed by atoms with E-state index in [9.17, 15) is 4.79 Å². The Balaban J connectivity index is 1.40. The summed E-state index contributed by atoms with van der Waals surface area (Å²) < 4.78 is 11.0. The molecule has 2 aliphatic rings. The quantitative estimate of drug-likeness (QED) is 0.553. The number of hydrogen-bond acceptors (Lipinski definition) is 6. The summed E-state index contributed by atoms with van der Waals surface area (Å²) in [5.41, 5.74) is 3.40. The van der Waals surface area contributed by atoms with Crippen molar-refractivity contribution in [3.8, 4) is 28.7 Å². The predicted octanol–water partition coefficient (Wildman–Crippen LogP) is 5.06. The Hall–Kier alpha value is -2.93. The number of aryl methyl sites for hydroxylation is 1. The third-order valence-corrected chi connectivity index (χ3v) is 6.18. The smallest absolute Gasteiger partial charge is 0.259 e. The van der Waals surface area contributed by atoms with Gasteiger partial charge in [-0.2, -0.15) is 4.98 Å². The number of carbonyl (C=O) groups excluding carboxylic acids is 1. The number of ether oxygens (including phenoxy) is 1. The number of anilines is 1. The summed E-state index contributed by atoms with van der Waals surface area (Å²) in [6.07, 6.45) is 4.66. The van der Waals surface area contributed by atoms with Gasteiger partial charge in [-0.1, -0.05) is 16.8 Å². The van der Waals surface area contributed by atoms with E-state index in [1.807, 2.05) is 43.9 Å². The maximum Gasteiger partial charge on any atom is 0.259 e. The summed E-state index contributed by atoms with van der Waals surface area (Å²) in [5, 5.41) is 4.52. The van der Waals surface area contributed by atoms with Crippen LogP contribution in [0.5, 0.6) is 5.88 Å². The number of halogens is 1. The first-order valence-corrected chi connectivity index (χ1v) is 10.9. The number of pyridine rings is 1. The van der Waals surface area contributed by atoms with Crippen molar-refractivity contribution in [2.24, 2.45) is 5.92 Å². The Labute approximate surface area is 185 Å². The average molecular weight is 439 g/mol. The monoisotopic (exact) mass is 438 g/mol. The van der Waals surface area contributed by atoms with E-state index in [1.165, 1.54) is 0 Å². The average Bonchev–Trinajstić information content (AvgIpc) is 3.45. The van der Waals surface area contributed by atoms with Crippen LogP contribution in [0.25, 0.3) is 22.8 Å². The van der Waals surface area contributed by atoms with Crippen molar-refractivity contribution in [2.45, 2.75) is 52.2 Å². The molecule has 1 saturated heterocycles. The number of carbonyl (C=O) groups is 1. The number of hydrogen-bond donors (Lipinski definition) is 0. The van der Waals surface area contributed by atoms with Crippen LogP contribution in [0.2, 0.25) is 5.02 Å². The van der Waals surface area contributed by atoms with Crippen molar-refractivity contribution in [2.75, 3.05) is 4.90 Å². The summed E-state index contributed by atoms with van der Waals surface area (Å²) in [4.78, 5) is 23.3. The fourth-order valence-corrected chi connectivity index (χ4v) is 4.69. The third-order valence-electron chi connectivity index (χ3n) is 5.91. The molecule has 3 aromatic rings. The van der Waals surface area contributed by atoms with Crippen molar-refractivity contribution in [3.63, 3.8) is 0 Å². The van der Waals surface area contributed by atoms with E-state index in [0.717, 1.165) is 36.1 Å². The zero-order chi connectivity index (χ0) is 21.7. The van der Waals surface area contributed by atoms with Gasteiger partial charge in [-0.15, -0.1) is 0 Å². The van der Waals surface area contributed by atoms with Crippen molar-refractivity contribution in [1.29, 1.82) is 0 Å². The second kappa shape index (κ2) is 7.64. The minimum Gasteiger partial charge on any atom is -0.474 e. The van der Waals surface area contributed by atoms with Crippen LogP contribution in [0.1, 0.15) is 38.7 Å². The summed E-state index contributed by atoms with van der Waals surface area (Å²) in [7, 11) is 0. The second-order valence-electron chi connectivity index (χ2n) is 8.47. The van der Waals surface area contributed by atoms with Crippen molar-refractivity contribution < 1.29 is 14.1 Å². The van der Waals surface area contributed by atoms with Crippen molar-refractivity contribution >= 4 is 23.2 Å². The molecule has 1 amide bonds. The van der Waals surface area contributed by atoms with Crippen LogP contribution < -0.4 is 9.64 Å². The molecule has 3 heterocycles. The highest BCUT2D eigenvalue weighted by Gasteiger charge is 2.45. The van der Waals surface area contributed by atoms with Gasteiger partial charge < -0.3 is 14.2 Å². The fourth-order valence-electron chi connectivity index (χ4n) is 4.48. The van der Waals surface area contributed by atoms with Gasteiger partial charge in [0, 0.05) is 29.4 Å². The molecule has 5 rings (SSSR count). The van der Waals surface area contributed by atoms with E-state index in [4.69, 9.17) is 20.9 Å². The summed E-state index contributed by atoms with van der Waals surface area (Å²) in [6, 6.07) is 7.98. The molecule has 2 fully saturated rings. The second-order valence-corrected chi connectivity index (χ2v) is 8.88. The van der Waals surface area contributed by atoms with Gasteiger partial charge in [0.25, 0.3) is 5.89 Å². The number of nitrogens with zero attached hydrogens (tertiary/aromatic N) is 4. The molecule has 0 spiro atoms. The number of benzene rings is 1. The normalized spacial score (nSPS) is 20.2. The lowest BCUT2D eigenvalue weighted by Gasteiger charge is -2.27. The van der Waals surface area contributed by atoms with Crippen molar-refractivity contribution in [1.82, 2.24) is 15.1 Å². The van der Waals surface area contributed by atoms with Gasteiger partial charge in [-0.3, -0.25) is 4.79 Å². The van der Waals surface area contributed by atoms with Crippen LogP contribution >= 0.6 is 11.6 Å². The minimum absolute atomic E-state index is 0.0252. The van der Waals surface area contributed by atoms with Gasteiger partial charge in [-0.25, -0.2) is 4.98 Å². The highest BCUT2D eigenvalue weighted by atomic mass is 35.5. The Morgan fingerprint density at radius 2 is 2.10 bits per heavy atom. The van der Waals surface area contributed by atoms with E-state index in [2.05, 4.69) is 15.1 Å². The Bertz CT molecular complexity index is 1160. The predicted molar refractivity (Wildman–Crippen MR) is 117 cm³/mol. The number of fused-ring (bicyclic) bond motifs is 2. The molecule has 0 N–H and O–H groups in total. The van der Waals surface area contributed by atoms with Crippen LogP contribution in [0.3, 0.4) is 0 Å². The van der Waals surface area contributed by atoms with Crippen molar-refractivity contribution in [3.05, 3.63) is 41.0 Å².